The largest absolute Gasteiger partial charge is 0.449 e. The van der Waals surface area contributed by atoms with Gasteiger partial charge in [0.2, 0.25) is 11.7 Å². The maximum Gasteiger partial charge on any atom is 0.375 e. The molecule has 0 fully saturated rings. The first-order valence-corrected chi connectivity index (χ1v) is 8.72. The highest BCUT2D eigenvalue weighted by molar-refractivity contribution is 6.31. The van der Waals surface area contributed by atoms with Crippen LogP contribution >= 0.6 is 11.6 Å². The Kier molecular flexibility index (Phi) is 4.67. The van der Waals surface area contributed by atoms with Gasteiger partial charge in [-0.2, -0.15) is 0 Å². The van der Waals surface area contributed by atoms with Crippen LogP contribution in [0.4, 0.5) is 0 Å². The maximum absolute atomic E-state index is 12.4. The number of ether oxygens (including phenoxy) is 1. The monoisotopic (exact) mass is 396 g/mol. The molecular formula is C20H13ClN2O5. The molecule has 2 heterocycles. The van der Waals surface area contributed by atoms with Gasteiger partial charge in [0.15, 0.2) is 11.5 Å². The third kappa shape index (κ3) is 3.52. The van der Waals surface area contributed by atoms with E-state index >= 15 is 0 Å². The fourth-order valence-corrected chi connectivity index (χ4v) is 2.77. The first-order chi connectivity index (χ1) is 13.5. The number of fused-ring (bicyclic) bond motifs is 1. The minimum atomic E-state index is -0.830. The number of carbonyl (C=O) groups is 1. The number of benzene rings is 2. The van der Waals surface area contributed by atoms with Crippen LogP contribution in [0, 0.1) is 0 Å². The van der Waals surface area contributed by atoms with E-state index in [0.717, 1.165) is 11.6 Å². The van der Waals surface area contributed by atoms with E-state index in [0.29, 0.717) is 10.9 Å². The van der Waals surface area contributed by atoms with Crippen LogP contribution in [0.3, 0.4) is 0 Å². The molecule has 4 rings (SSSR count). The van der Waals surface area contributed by atoms with Gasteiger partial charge in [0, 0.05) is 16.7 Å². The molecule has 7 nitrogen and oxygen atoms in total. The summed E-state index contributed by atoms with van der Waals surface area (Å²) in [6, 6.07) is 14.8. The zero-order chi connectivity index (χ0) is 19.7. The molecule has 0 aliphatic carbocycles. The minimum Gasteiger partial charge on any atom is -0.449 e. The van der Waals surface area contributed by atoms with Crippen molar-refractivity contribution in [2.24, 2.45) is 0 Å². The summed E-state index contributed by atoms with van der Waals surface area (Å²) in [5.41, 5.74) is 0.590. The highest BCUT2D eigenvalue weighted by Crippen LogP contribution is 2.23. The fraction of sp³-hybridized carbons (Fsp3) is 0.100. The number of carbonyl (C=O) groups excluding carboxylic acids is 1. The molecule has 0 aliphatic heterocycles. The summed E-state index contributed by atoms with van der Waals surface area (Å²) < 4.78 is 16.3. The van der Waals surface area contributed by atoms with E-state index < -0.39 is 17.5 Å². The van der Waals surface area contributed by atoms with Gasteiger partial charge in [-0.15, -0.1) is 10.2 Å². The van der Waals surface area contributed by atoms with Crippen molar-refractivity contribution in [3.8, 4) is 11.5 Å². The molecule has 28 heavy (non-hydrogen) atoms. The lowest BCUT2D eigenvalue weighted by atomic mass is 10.2. The standard InChI is InChI=1S/C20H13ClN2O5/c1-11(18-22-23-19(28-18)12-5-3-2-4-6-12)26-20(25)17-10-15(24)14-9-13(21)7-8-16(14)27-17/h2-11H,1H3/t11-/m0/s1. The molecule has 1 atom stereocenters. The molecule has 0 amide bonds. The van der Waals surface area contributed by atoms with E-state index in [2.05, 4.69) is 10.2 Å². The smallest absolute Gasteiger partial charge is 0.375 e. The highest BCUT2D eigenvalue weighted by atomic mass is 35.5. The molecule has 0 radical (unpaired) electrons. The van der Waals surface area contributed by atoms with E-state index in [9.17, 15) is 9.59 Å². The molecule has 0 bridgehead atoms. The van der Waals surface area contributed by atoms with Gasteiger partial charge in [-0.3, -0.25) is 4.79 Å². The highest BCUT2D eigenvalue weighted by Gasteiger charge is 2.22. The van der Waals surface area contributed by atoms with Crippen molar-refractivity contribution in [2.45, 2.75) is 13.0 Å². The quantitative estimate of drug-likeness (QED) is 0.471. The van der Waals surface area contributed by atoms with Crippen LogP contribution in [-0.4, -0.2) is 16.2 Å². The van der Waals surface area contributed by atoms with E-state index in [1.165, 1.54) is 12.1 Å². The molecule has 0 aliphatic rings. The van der Waals surface area contributed by atoms with Crippen LogP contribution in [0.25, 0.3) is 22.4 Å². The Labute approximate surface area is 163 Å². The normalized spacial score (nSPS) is 12.1. The predicted molar refractivity (Wildman–Crippen MR) is 101 cm³/mol. The predicted octanol–water partition coefficient (Wildman–Crippen LogP) is 4.41. The van der Waals surface area contributed by atoms with Gasteiger partial charge in [-0.1, -0.05) is 29.8 Å². The lowest BCUT2D eigenvalue weighted by Crippen LogP contribution is -2.12. The molecular weight excluding hydrogens is 384 g/mol. The summed E-state index contributed by atoms with van der Waals surface area (Å²) in [5.74, 6) is -0.606. The van der Waals surface area contributed by atoms with Crippen molar-refractivity contribution >= 4 is 28.5 Å². The molecule has 8 heteroatoms. The zero-order valence-electron chi connectivity index (χ0n) is 14.6. The second kappa shape index (κ2) is 7.28. The lowest BCUT2D eigenvalue weighted by molar-refractivity contribution is 0.0245. The van der Waals surface area contributed by atoms with E-state index in [1.807, 2.05) is 30.3 Å². The van der Waals surface area contributed by atoms with Gasteiger partial charge < -0.3 is 13.6 Å². The van der Waals surface area contributed by atoms with Crippen molar-refractivity contribution in [1.29, 1.82) is 0 Å². The van der Waals surface area contributed by atoms with E-state index in [1.54, 1.807) is 13.0 Å². The maximum atomic E-state index is 12.4. The van der Waals surface area contributed by atoms with Gasteiger partial charge in [-0.25, -0.2) is 4.79 Å². The van der Waals surface area contributed by atoms with Crippen molar-refractivity contribution in [3.05, 3.63) is 81.5 Å². The lowest BCUT2D eigenvalue weighted by Gasteiger charge is -2.09. The average molecular weight is 397 g/mol. The summed E-state index contributed by atoms with van der Waals surface area (Å²) in [7, 11) is 0. The first kappa shape index (κ1) is 17.9. The fourth-order valence-electron chi connectivity index (χ4n) is 2.59. The number of nitrogens with zero attached hydrogens (tertiary/aromatic N) is 2. The van der Waals surface area contributed by atoms with Crippen LogP contribution in [-0.2, 0) is 4.74 Å². The molecule has 2 aromatic carbocycles. The molecule has 2 aromatic heterocycles. The molecule has 0 saturated carbocycles. The Morgan fingerprint density at radius 1 is 1.07 bits per heavy atom. The first-order valence-electron chi connectivity index (χ1n) is 8.34. The molecule has 0 N–H and O–H groups in total. The molecule has 140 valence electrons. The van der Waals surface area contributed by atoms with E-state index in [4.69, 9.17) is 25.2 Å². The zero-order valence-corrected chi connectivity index (χ0v) is 15.3. The number of rotatable bonds is 4. The van der Waals surface area contributed by atoms with Crippen LogP contribution < -0.4 is 5.43 Å². The number of esters is 1. The number of hydrogen-bond acceptors (Lipinski definition) is 7. The third-order valence-corrected chi connectivity index (χ3v) is 4.22. The van der Waals surface area contributed by atoms with Gasteiger partial charge in [0.1, 0.15) is 5.58 Å². The summed E-state index contributed by atoms with van der Waals surface area (Å²) in [5, 5.41) is 8.55. The summed E-state index contributed by atoms with van der Waals surface area (Å²) in [6.07, 6.45) is -0.830. The molecule has 0 unspecified atom stereocenters. The minimum absolute atomic E-state index is 0.127. The van der Waals surface area contributed by atoms with Gasteiger partial charge in [0.05, 0.1) is 5.39 Å². The number of halogens is 1. The van der Waals surface area contributed by atoms with Gasteiger partial charge in [0.25, 0.3) is 5.89 Å². The van der Waals surface area contributed by atoms with Crippen molar-refractivity contribution in [1.82, 2.24) is 10.2 Å². The summed E-state index contributed by atoms with van der Waals surface area (Å²) in [4.78, 5) is 24.6. The van der Waals surface area contributed by atoms with Crippen LogP contribution in [0.1, 0.15) is 29.5 Å². The second-order valence-electron chi connectivity index (χ2n) is 5.97. The van der Waals surface area contributed by atoms with Gasteiger partial charge >= 0.3 is 5.97 Å². The summed E-state index contributed by atoms with van der Waals surface area (Å²) in [6.45, 7) is 1.58. The SMILES string of the molecule is C[C@H](OC(=O)c1cc(=O)c2cc(Cl)ccc2o1)c1nnc(-c2ccccc2)o1. The van der Waals surface area contributed by atoms with Gasteiger partial charge in [-0.05, 0) is 37.3 Å². The van der Waals surface area contributed by atoms with Crippen molar-refractivity contribution < 1.29 is 18.4 Å². The Bertz CT molecular complexity index is 1220. The Balaban J connectivity index is 1.55. The van der Waals surface area contributed by atoms with E-state index in [-0.39, 0.29) is 22.6 Å². The summed E-state index contributed by atoms with van der Waals surface area (Å²) >= 11 is 5.88. The Morgan fingerprint density at radius 3 is 2.64 bits per heavy atom. The number of aromatic nitrogens is 2. The molecule has 4 aromatic rings. The molecule has 0 spiro atoms. The molecule has 0 saturated heterocycles. The Hall–Kier alpha value is -3.45. The second-order valence-corrected chi connectivity index (χ2v) is 6.41. The van der Waals surface area contributed by atoms with Crippen molar-refractivity contribution in [2.75, 3.05) is 0 Å². The van der Waals surface area contributed by atoms with Crippen molar-refractivity contribution in [3.63, 3.8) is 0 Å². The Morgan fingerprint density at radius 2 is 1.86 bits per heavy atom. The topological polar surface area (TPSA) is 95.4 Å². The third-order valence-electron chi connectivity index (χ3n) is 3.98. The number of hydrogen-bond donors (Lipinski definition) is 0. The average Bonchev–Trinajstić information content (AvgIpc) is 3.19. The van der Waals surface area contributed by atoms with Crippen LogP contribution in [0.2, 0.25) is 5.02 Å². The van der Waals surface area contributed by atoms with Crippen LogP contribution in [0.15, 0.2) is 68.2 Å². The van der Waals surface area contributed by atoms with Crippen LogP contribution in [0.5, 0.6) is 0 Å².